The van der Waals surface area contributed by atoms with E-state index in [0.717, 1.165) is 10.8 Å². The molecule has 1 aromatic heterocycles. The number of hydrogen-bond donors (Lipinski definition) is 1. The highest BCUT2D eigenvalue weighted by Crippen LogP contribution is 2.26. The molecule has 6 nitrogen and oxygen atoms in total. The first-order valence-corrected chi connectivity index (χ1v) is 7.59. The number of methoxy groups -OCH3 is 1. The third-order valence-electron chi connectivity index (χ3n) is 3.66. The molecule has 0 bridgehead atoms. The number of aromatic nitrogens is 1. The molecule has 2 aromatic carbocycles. The number of carbonyl (C=O) groups excluding carboxylic acids is 2. The average molecular weight is 336 g/mol. The first-order chi connectivity index (χ1) is 12.1. The number of pyridine rings is 1. The molecule has 0 fully saturated rings. The summed E-state index contributed by atoms with van der Waals surface area (Å²) < 4.78 is 10.6. The van der Waals surface area contributed by atoms with E-state index in [0.29, 0.717) is 17.1 Å². The number of esters is 1. The molecule has 1 amide bonds. The van der Waals surface area contributed by atoms with Crippen LogP contribution in [0.15, 0.2) is 54.7 Å². The van der Waals surface area contributed by atoms with Crippen LogP contribution in [0.25, 0.3) is 10.8 Å². The highest BCUT2D eigenvalue weighted by atomic mass is 16.5. The van der Waals surface area contributed by atoms with Crippen molar-refractivity contribution >= 4 is 22.6 Å². The van der Waals surface area contributed by atoms with E-state index in [-0.39, 0.29) is 11.6 Å². The van der Waals surface area contributed by atoms with Gasteiger partial charge in [0.25, 0.3) is 5.91 Å². The lowest BCUT2D eigenvalue weighted by molar-refractivity contribution is 0.0600. The maximum Gasteiger partial charge on any atom is 0.337 e. The maximum absolute atomic E-state index is 11.7. The third-order valence-corrected chi connectivity index (χ3v) is 3.66. The molecule has 0 atom stereocenters. The summed E-state index contributed by atoms with van der Waals surface area (Å²) in [5.41, 5.74) is 0.742. The average Bonchev–Trinajstić information content (AvgIpc) is 2.66. The van der Waals surface area contributed by atoms with Crippen molar-refractivity contribution in [3.63, 3.8) is 0 Å². The Morgan fingerprint density at radius 2 is 1.72 bits per heavy atom. The normalized spacial score (nSPS) is 10.3. The second-order valence-corrected chi connectivity index (χ2v) is 5.27. The molecular formula is C19H16N2O4. The van der Waals surface area contributed by atoms with Gasteiger partial charge in [0.1, 0.15) is 17.2 Å². The van der Waals surface area contributed by atoms with Gasteiger partial charge in [-0.25, -0.2) is 4.79 Å². The zero-order chi connectivity index (χ0) is 17.8. The van der Waals surface area contributed by atoms with E-state index in [4.69, 9.17) is 9.47 Å². The largest absolute Gasteiger partial charge is 0.465 e. The number of nitrogens with zero attached hydrogens (tertiary/aromatic N) is 1. The SMILES string of the molecule is CNC(=O)c1cc(Oc2ccc3ccc(C(=O)OC)cc3c2)ccn1. The summed E-state index contributed by atoms with van der Waals surface area (Å²) in [4.78, 5) is 27.3. The Morgan fingerprint density at radius 3 is 2.48 bits per heavy atom. The van der Waals surface area contributed by atoms with Crippen molar-refractivity contribution in [2.75, 3.05) is 14.2 Å². The van der Waals surface area contributed by atoms with Crippen LogP contribution < -0.4 is 10.1 Å². The minimum atomic E-state index is -0.391. The van der Waals surface area contributed by atoms with Crippen LogP contribution in [0.4, 0.5) is 0 Å². The van der Waals surface area contributed by atoms with Gasteiger partial charge in [-0.2, -0.15) is 0 Å². The molecule has 1 heterocycles. The highest BCUT2D eigenvalue weighted by molar-refractivity contribution is 5.95. The standard InChI is InChI=1S/C19H16N2O4/c1-20-18(22)17-11-16(7-8-21-17)25-15-6-5-12-3-4-13(19(23)24-2)9-14(12)10-15/h3-11H,1-2H3,(H,20,22). The van der Waals surface area contributed by atoms with Crippen molar-refractivity contribution in [1.82, 2.24) is 10.3 Å². The van der Waals surface area contributed by atoms with Gasteiger partial charge >= 0.3 is 5.97 Å². The van der Waals surface area contributed by atoms with Crippen molar-refractivity contribution in [1.29, 1.82) is 0 Å². The quantitative estimate of drug-likeness (QED) is 0.741. The Kier molecular flexibility index (Phi) is 4.61. The summed E-state index contributed by atoms with van der Waals surface area (Å²) in [6.45, 7) is 0. The fraction of sp³-hybridized carbons (Fsp3) is 0.105. The van der Waals surface area contributed by atoms with Crippen LogP contribution in [-0.4, -0.2) is 31.0 Å². The molecule has 3 rings (SSSR count). The summed E-state index contributed by atoms with van der Waals surface area (Å²) in [6, 6.07) is 14.1. The van der Waals surface area contributed by atoms with E-state index in [1.165, 1.54) is 13.3 Å². The second kappa shape index (κ2) is 7.00. The summed E-state index contributed by atoms with van der Waals surface area (Å²) >= 11 is 0. The predicted molar refractivity (Wildman–Crippen MR) is 93.0 cm³/mol. The van der Waals surface area contributed by atoms with Gasteiger partial charge < -0.3 is 14.8 Å². The number of nitrogens with one attached hydrogen (secondary N) is 1. The molecule has 0 spiro atoms. The van der Waals surface area contributed by atoms with E-state index < -0.39 is 5.97 Å². The smallest absolute Gasteiger partial charge is 0.337 e. The lowest BCUT2D eigenvalue weighted by Gasteiger charge is -2.08. The second-order valence-electron chi connectivity index (χ2n) is 5.27. The van der Waals surface area contributed by atoms with Gasteiger partial charge in [-0.3, -0.25) is 9.78 Å². The van der Waals surface area contributed by atoms with Gasteiger partial charge in [-0.1, -0.05) is 12.1 Å². The zero-order valence-corrected chi connectivity index (χ0v) is 13.8. The molecule has 6 heteroatoms. The number of ether oxygens (including phenoxy) is 2. The topological polar surface area (TPSA) is 77.5 Å². The van der Waals surface area contributed by atoms with Crippen molar-refractivity contribution in [3.8, 4) is 11.5 Å². The summed E-state index contributed by atoms with van der Waals surface area (Å²) in [6.07, 6.45) is 1.51. The van der Waals surface area contributed by atoms with Crippen LogP contribution >= 0.6 is 0 Å². The molecule has 0 unspecified atom stereocenters. The van der Waals surface area contributed by atoms with Gasteiger partial charge in [0.15, 0.2) is 0 Å². The van der Waals surface area contributed by atoms with Crippen LogP contribution in [0.1, 0.15) is 20.8 Å². The van der Waals surface area contributed by atoms with Gasteiger partial charge in [0, 0.05) is 19.3 Å². The molecule has 25 heavy (non-hydrogen) atoms. The summed E-state index contributed by atoms with van der Waals surface area (Å²) in [5.74, 6) is 0.407. The van der Waals surface area contributed by atoms with Gasteiger partial charge in [0.05, 0.1) is 12.7 Å². The summed E-state index contributed by atoms with van der Waals surface area (Å²) in [7, 11) is 2.89. The van der Waals surface area contributed by atoms with Crippen molar-refractivity contribution in [3.05, 3.63) is 66.0 Å². The molecule has 0 aliphatic rings. The van der Waals surface area contributed by atoms with Crippen LogP contribution in [0.5, 0.6) is 11.5 Å². The summed E-state index contributed by atoms with van der Waals surface area (Å²) in [5, 5.41) is 4.34. The van der Waals surface area contributed by atoms with E-state index in [9.17, 15) is 9.59 Å². The molecule has 0 radical (unpaired) electrons. The molecule has 0 aliphatic carbocycles. The number of amides is 1. The van der Waals surface area contributed by atoms with Crippen LogP contribution in [0.3, 0.4) is 0 Å². The Labute approximate surface area is 144 Å². The Bertz CT molecular complexity index is 953. The first kappa shape index (κ1) is 16.4. The fourth-order valence-corrected chi connectivity index (χ4v) is 2.40. The minimum Gasteiger partial charge on any atom is -0.465 e. The van der Waals surface area contributed by atoms with E-state index in [2.05, 4.69) is 10.3 Å². The fourth-order valence-electron chi connectivity index (χ4n) is 2.40. The van der Waals surface area contributed by atoms with Crippen LogP contribution in [-0.2, 0) is 4.74 Å². The monoisotopic (exact) mass is 336 g/mol. The number of hydrogen-bond acceptors (Lipinski definition) is 5. The van der Waals surface area contributed by atoms with Crippen LogP contribution in [0.2, 0.25) is 0 Å². The van der Waals surface area contributed by atoms with Crippen LogP contribution in [0, 0.1) is 0 Å². The molecule has 126 valence electrons. The minimum absolute atomic E-state index is 0.272. The Hall–Kier alpha value is -3.41. The highest BCUT2D eigenvalue weighted by Gasteiger charge is 2.09. The lowest BCUT2D eigenvalue weighted by Crippen LogP contribution is -2.18. The zero-order valence-electron chi connectivity index (χ0n) is 13.8. The molecular weight excluding hydrogens is 320 g/mol. The lowest BCUT2D eigenvalue weighted by atomic mass is 10.1. The number of carbonyl (C=O) groups is 2. The number of benzene rings is 2. The predicted octanol–water partition coefficient (Wildman–Crippen LogP) is 3.17. The van der Waals surface area contributed by atoms with E-state index in [1.807, 2.05) is 24.3 Å². The van der Waals surface area contributed by atoms with Crippen molar-refractivity contribution < 1.29 is 19.1 Å². The molecule has 3 aromatic rings. The molecule has 0 aliphatic heterocycles. The first-order valence-electron chi connectivity index (χ1n) is 7.59. The number of fused-ring (bicyclic) bond motifs is 1. The molecule has 0 saturated heterocycles. The Morgan fingerprint density at radius 1 is 0.960 bits per heavy atom. The number of rotatable bonds is 4. The third kappa shape index (κ3) is 3.58. The Balaban J connectivity index is 1.91. The maximum atomic E-state index is 11.7. The van der Waals surface area contributed by atoms with Gasteiger partial charge in [-0.15, -0.1) is 0 Å². The van der Waals surface area contributed by atoms with Gasteiger partial charge in [0.2, 0.25) is 0 Å². The van der Waals surface area contributed by atoms with E-state index in [1.54, 1.807) is 31.3 Å². The molecule has 0 saturated carbocycles. The van der Waals surface area contributed by atoms with E-state index >= 15 is 0 Å². The van der Waals surface area contributed by atoms with Gasteiger partial charge in [-0.05, 0) is 41.1 Å². The van der Waals surface area contributed by atoms with Crippen molar-refractivity contribution in [2.24, 2.45) is 0 Å². The molecule has 1 N–H and O–H groups in total. The van der Waals surface area contributed by atoms with Crippen molar-refractivity contribution in [2.45, 2.75) is 0 Å².